The number of allylic oxidation sites excluding steroid dienone is 3. The number of nitrogens with one attached hydrogen (secondary N) is 1. The topological polar surface area (TPSA) is 69.6 Å². The first-order valence-corrected chi connectivity index (χ1v) is 13.6. The minimum absolute atomic E-state index is 0.00271. The van der Waals surface area contributed by atoms with E-state index in [0.717, 1.165) is 38.5 Å². The third kappa shape index (κ3) is 4.04. The Morgan fingerprint density at radius 2 is 1.82 bits per heavy atom. The van der Waals surface area contributed by atoms with Crippen LogP contribution in [0.5, 0.6) is 0 Å². The molecule has 1 amide bonds. The molecule has 2 saturated carbocycles. The van der Waals surface area contributed by atoms with E-state index in [1.807, 2.05) is 24.8 Å². The average molecular weight is 487 g/mol. The zero-order valence-corrected chi connectivity index (χ0v) is 22.5. The largest absolute Gasteiger partial charge is 0.478 e. The number of carbonyl (C=O) groups excluding carboxylic acids is 1. The Hall–Kier alpha value is -1.69. The van der Waals surface area contributed by atoms with Gasteiger partial charge >= 0.3 is 5.97 Å². The third-order valence-corrected chi connectivity index (χ3v) is 10.0. The Morgan fingerprint density at radius 3 is 2.44 bits per heavy atom. The molecule has 0 aromatic heterocycles. The lowest BCUT2D eigenvalue weighted by molar-refractivity contribution is -0.139. The van der Waals surface area contributed by atoms with Gasteiger partial charge in [0.2, 0.25) is 5.91 Å². The second-order valence-corrected chi connectivity index (χ2v) is 12.6. The lowest BCUT2D eigenvalue weighted by Crippen LogP contribution is -2.55. The van der Waals surface area contributed by atoms with Crippen molar-refractivity contribution in [1.29, 1.82) is 0 Å². The molecular weight excluding hydrogens is 444 g/mol. The van der Waals surface area contributed by atoms with Crippen molar-refractivity contribution in [2.75, 3.05) is 0 Å². The maximum absolute atomic E-state index is 13.9. The van der Waals surface area contributed by atoms with Crippen molar-refractivity contribution in [2.24, 2.45) is 34.5 Å². The van der Waals surface area contributed by atoms with Crippen LogP contribution >= 0.6 is 12.2 Å². The fourth-order valence-electron chi connectivity index (χ4n) is 7.97. The number of fused-ring (bicyclic) bond motifs is 5. The van der Waals surface area contributed by atoms with Crippen LogP contribution in [0.25, 0.3) is 0 Å². The predicted molar refractivity (Wildman–Crippen MR) is 139 cm³/mol. The van der Waals surface area contributed by atoms with E-state index in [1.165, 1.54) is 5.57 Å². The molecule has 0 aromatic carbocycles. The molecule has 2 N–H and O–H groups in total. The second-order valence-electron chi connectivity index (χ2n) is 12.2. The Labute approximate surface area is 210 Å². The molecule has 6 heteroatoms. The molecule has 34 heavy (non-hydrogen) atoms. The summed E-state index contributed by atoms with van der Waals surface area (Å²) in [7, 11) is 0. The summed E-state index contributed by atoms with van der Waals surface area (Å²) in [6.07, 6.45) is 11.1. The second kappa shape index (κ2) is 9.07. The van der Waals surface area contributed by atoms with Crippen LogP contribution in [0.1, 0.15) is 86.5 Å². The van der Waals surface area contributed by atoms with Crippen molar-refractivity contribution >= 4 is 29.2 Å². The van der Waals surface area contributed by atoms with Crippen LogP contribution in [0.2, 0.25) is 0 Å². The quantitative estimate of drug-likeness (QED) is 0.499. The summed E-state index contributed by atoms with van der Waals surface area (Å²) in [6, 6.07) is 0.223. The smallest absolute Gasteiger partial charge is 0.331 e. The van der Waals surface area contributed by atoms with Gasteiger partial charge in [-0.25, -0.2) is 4.79 Å². The lowest BCUT2D eigenvalue weighted by atomic mass is 9.48. The highest BCUT2D eigenvalue weighted by atomic mass is 32.1. The van der Waals surface area contributed by atoms with Crippen LogP contribution in [0, 0.1) is 34.5 Å². The Morgan fingerprint density at radius 1 is 1.12 bits per heavy atom. The summed E-state index contributed by atoms with van der Waals surface area (Å²) in [5, 5.41) is 13.3. The van der Waals surface area contributed by atoms with Crippen molar-refractivity contribution in [3.63, 3.8) is 0 Å². The lowest BCUT2D eigenvalue weighted by Gasteiger charge is -2.57. The Kier molecular flexibility index (Phi) is 6.78. The summed E-state index contributed by atoms with van der Waals surface area (Å²) in [5.74, 6) is 1.09. The van der Waals surface area contributed by atoms with Gasteiger partial charge < -0.3 is 10.4 Å². The normalized spacial score (nSPS) is 36.7. The number of carboxylic acid groups (broad SMARTS) is 1. The molecule has 0 unspecified atom stereocenters. The number of thiocarbonyl (C=S) groups is 1. The first-order valence-electron chi connectivity index (χ1n) is 13.2. The van der Waals surface area contributed by atoms with Crippen LogP contribution < -0.4 is 5.32 Å². The fourth-order valence-corrected chi connectivity index (χ4v) is 8.51. The number of nitrogens with zero attached hydrogens (tertiary/aromatic N) is 1. The van der Waals surface area contributed by atoms with Crippen molar-refractivity contribution in [2.45, 2.75) is 98.6 Å². The van der Waals surface area contributed by atoms with E-state index in [1.54, 1.807) is 0 Å². The molecule has 4 rings (SSSR count). The minimum atomic E-state index is -0.780. The molecule has 4 aliphatic carbocycles. The number of amides is 1. The Bertz CT molecular complexity index is 938. The molecular formula is C28H42N2O3S. The molecule has 0 bridgehead atoms. The molecule has 4 aliphatic rings. The molecule has 188 valence electrons. The predicted octanol–water partition coefficient (Wildman–Crippen LogP) is 5.71. The van der Waals surface area contributed by atoms with Gasteiger partial charge in [0, 0.05) is 23.6 Å². The molecule has 0 radical (unpaired) electrons. The summed E-state index contributed by atoms with van der Waals surface area (Å²) < 4.78 is 0. The fraction of sp³-hybridized carbons (Fsp3) is 0.750. The number of hydrogen-bond donors (Lipinski definition) is 2. The van der Waals surface area contributed by atoms with E-state index in [0.29, 0.717) is 34.9 Å². The third-order valence-electron chi connectivity index (χ3n) is 9.73. The van der Waals surface area contributed by atoms with Crippen molar-refractivity contribution in [3.8, 4) is 0 Å². The van der Waals surface area contributed by atoms with E-state index in [9.17, 15) is 14.7 Å². The highest BCUT2D eigenvalue weighted by Crippen LogP contribution is 2.66. The van der Waals surface area contributed by atoms with Gasteiger partial charge in [0.25, 0.3) is 0 Å². The van der Waals surface area contributed by atoms with Gasteiger partial charge in [0.05, 0.1) is 0 Å². The minimum Gasteiger partial charge on any atom is -0.478 e. The van der Waals surface area contributed by atoms with Gasteiger partial charge in [-0.15, -0.1) is 0 Å². The highest BCUT2D eigenvalue weighted by Gasteiger charge is 2.60. The number of carboxylic acids is 1. The molecule has 6 atom stereocenters. The molecule has 5 nitrogen and oxygen atoms in total. The van der Waals surface area contributed by atoms with Crippen molar-refractivity contribution in [3.05, 3.63) is 23.3 Å². The zero-order chi connectivity index (χ0) is 25.0. The van der Waals surface area contributed by atoms with E-state index in [2.05, 4.69) is 39.1 Å². The monoisotopic (exact) mass is 486 g/mol. The molecule has 0 aliphatic heterocycles. The van der Waals surface area contributed by atoms with E-state index in [4.69, 9.17) is 12.2 Å². The first kappa shape index (κ1) is 25.4. The maximum Gasteiger partial charge on any atom is 0.331 e. The van der Waals surface area contributed by atoms with Crippen LogP contribution in [-0.2, 0) is 9.59 Å². The maximum atomic E-state index is 13.9. The highest BCUT2D eigenvalue weighted by molar-refractivity contribution is 7.80. The van der Waals surface area contributed by atoms with Crippen LogP contribution in [0.4, 0.5) is 0 Å². The summed E-state index contributed by atoms with van der Waals surface area (Å²) in [5.41, 5.74) is 1.84. The molecule has 0 aromatic rings. The van der Waals surface area contributed by atoms with Crippen LogP contribution in [0.3, 0.4) is 0 Å². The van der Waals surface area contributed by atoms with Gasteiger partial charge in [-0.2, -0.15) is 0 Å². The van der Waals surface area contributed by atoms with Gasteiger partial charge in [0.15, 0.2) is 5.11 Å². The molecule has 0 saturated heterocycles. The molecule has 0 heterocycles. The standard InChI is InChI=1S/C28H42N2O3S/c1-16(2)29-26(34)30(17(3)4)24(31)23-10-9-21-20-8-7-19-15-18(25(32)33)11-13-27(19,5)22(20)12-14-28(21,23)6/h7,15-17,20-23H,8-14H2,1-6H3,(H,29,34)(H,32,33)/t20-,21-,22-,23+,27-,28-/m0/s1. The van der Waals surface area contributed by atoms with Crippen LogP contribution in [-0.4, -0.2) is 39.1 Å². The molecule has 0 spiro atoms. The van der Waals surface area contributed by atoms with E-state index in [-0.39, 0.29) is 34.7 Å². The summed E-state index contributed by atoms with van der Waals surface area (Å²) in [6.45, 7) is 12.9. The number of aliphatic carboxylic acids is 1. The number of hydrogen-bond acceptors (Lipinski definition) is 3. The average Bonchev–Trinajstić information content (AvgIpc) is 3.09. The zero-order valence-electron chi connectivity index (χ0n) is 21.7. The van der Waals surface area contributed by atoms with Gasteiger partial charge in [-0.1, -0.05) is 19.9 Å². The van der Waals surface area contributed by atoms with Crippen molar-refractivity contribution in [1.82, 2.24) is 10.2 Å². The Balaban J connectivity index is 1.59. The van der Waals surface area contributed by atoms with E-state index >= 15 is 0 Å². The summed E-state index contributed by atoms with van der Waals surface area (Å²) in [4.78, 5) is 27.3. The van der Waals surface area contributed by atoms with Gasteiger partial charge in [-0.05, 0) is 125 Å². The van der Waals surface area contributed by atoms with Gasteiger partial charge in [0.1, 0.15) is 0 Å². The van der Waals surface area contributed by atoms with Crippen LogP contribution in [0.15, 0.2) is 23.3 Å². The van der Waals surface area contributed by atoms with Crippen molar-refractivity contribution < 1.29 is 14.7 Å². The van der Waals surface area contributed by atoms with E-state index < -0.39 is 5.97 Å². The molecule has 2 fully saturated rings. The SMILES string of the molecule is CC(C)NC(=S)N(C(=O)[C@H]1CC[C@H]2[C@@H]3CC=C4C=C(C(=O)O)CC[C@]4(C)[C@H]3CC[C@]12C)C(C)C. The summed E-state index contributed by atoms with van der Waals surface area (Å²) >= 11 is 5.66. The number of carbonyl (C=O) groups is 2. The first-order chi connectivity index (χ1) is 15.9. The number of rotatable bonds is 4. The van der Waals surface area contributed by atoms with Gasteiger partial charge in [-0.3, -0.25) is 9.69 Å².